The van der Waals surface area contributed by atoms with Crippen LogP contribution in [-0.4, -0.2) is 34.0 Å². The number of aromatic nitrogens is 3. The third-order valence-corrected chi connectivity index (χ3v) is 6.05. The zero-order valence-corrected chi connectivity index (χ0v) is 18.3. The summed E-state index contributed by atoms with van der Waals surface area (Å²) < 4.78 is 2.00. The van der Waals surface area contributed by atoms with E-state index in [2.05, 4.69) is 29.4 Å². The van der Waals surface area contributed by atoms with Crippen molar-refractivity contribution in [1.82, 2.24) is 14.5 Å². The average Bonchev–Trinajstić information content (AvgIpc) is 3.14. The van der Waals surface area contributed by atoms with Crippen LogP contribution in [0.25, 0.3) is 16.9 Å². The molecule has 0 aliphatic carbocycles. The normalized spacial score (nSPS) is 13.2. The summed E-state index contributed by atoms with van der Waals surface area (Å²) in [5.41, 5.74) is 10.3. The molecule has 3 N–H and O–H groups in total. The van der Waals surface area contributed by atoms with Crippen molar-refractivity contribution < 1.29 is 4.79 Å². The number of nitrogens with one attached hydrogen (secondary N) is 1. The first-order chi connectivity index (χ1) is 15.5. The van der Waals surface area contributed by atoms with E-state index in [-0.39, 0.29) is 0 Å². The highest BCUT2D eigenvalue weighted by Crippen LogP contribution is 2.32. The summed E-state index contributed by atoms with van der Waals surface area (Å²) in [7, 11) is 2.07. The van der Waals surface area contributed by atoms with Gasteiger partial charge < -0.3 is 16.0 Å². The number of anilines is 2. The minimum absolute atomic E-state index is 0.441. The lowest BCUT2D eigenvalue weighted by Gasteiger charge is -2.28. The Morgan fingerprint density at radius 2 is 1.94 bits per heavy atom. The van der Waals surface area contributed by atoms with E-state index in [1.807, 2.05) is 47.9 Å². The fraction of sp³-hybridized carbons (Fsp3) is 0.240. The lowest BCUT2D eigenvalue weighted by molar-refractivity contribution is 0.100. The highest BCUT2D eigenvalue weighted by molar-refractivity contribution is 6.06. The van der Waals surface area contributed by atoms with Gasteiger partial charge in [0.1, 0.15) is 11.6 Å². The van der Waals surface area contributed by atoms with Crippen molar-refractivity contribution in [1.29, 1.82) is 0 Å². The number of hydrogen-bond donors (Lipinski definition) is 2. The van der Waals surface area contributed by atoms with Crippen molar-refractivity contribution in [3.8, 4) is 5.95 Å². The summed E-state index contributed by atoms with van der Waals surface area (Å²) in [5.74, 6) is 1.95. The van der Waals surface area contributed by atoms with Crippen LogP contribution in [0.2, 0.25) is 0 Å². The average molecular weight is 427 g/mol. The van der Waals surface area contributed by atoms with E-state index >= 15 is 0 Å². The van der Waals surface area contributed by atoms with Crippen LogP contribution in [0.3, 0.4) is 0 Å². The summed E-state index contributed by atoms with van der Waals surface area (Å²) >= 11 is 0. The van der Waals surface area contributed by atoms with Crippen LogP contribution in [0.1, 0.15) is 33.6 Å². The highest BCUT2D eigenvalue weighted by Gasteiger charge is 2.23. The molecule has 0 saturated carbocycles. The molecule has 2 aromatic carbocycles. The Balaban J connectivity index is 1.65. The van der Waals surface area contributed by atoms with E-state index in [1.54, 1.807) is 6.07 Å². The molecule has 3 heterocycles. The first-order valence-electron chi connectivity index (χ1n) is 10.8. The van der Waals surface area contributed by atoms with Crippen molar-refractivity contribution >= 4 is 28.4 Å². The first-order valence-corrected chi connectivity index (χ1v) is 10.8. The Morgan fingerprint density at radius 1 is 1.12 bits per heavy atom. The number of carbonyl (C=O) groups excluding carboxylic acids is 1. The molecule has 0 atom stereocenters. The van der Waals surface area contributed by atoms with Gasteiger partial charge in [0, 0.05) is 42.3 Å². The molecule has 1 amide bonds. The van der Waals surface area contributed by atoms with E-state index in [0.717, 1.165) is 53.2 Å². The monoisotopic (exact) mass is 426 g/mol. The molecule has 7 heteroatoms. The van der Waals surface area contributed by atoms with Gasteiger partial charge >= 0.3 is 0 Å². The predicted molar refractivity (Wildman–Crippen MR) is 127 cm³/mol. The molecule has 1 aliphatic heterocycles. The van der Waals surface area contributed by atoms with Crippen molar-refractivity contribution in [3.05, 3.63) is 77.0 Å². The fourth-order valence-electron chi connectivity index (χ4n) is 4.48. The summed E-state index contributed by atoms with van der Waals surface area (Å²) in [6.45, 7) is 3.64. The molecule has 0 radical (unpaired) electrons. The van der Waals surface area contributed by atoms with Crippen LogP contribution in [0.4, 0.5) is 11.6 Å². The summed E-state index contributed by atoms with van der Waals surface area (Å²) in [6.07, 6.45) is 2.01. The van der Waals surface area contributed by atoms with E-state index < -0.39 is 5.91 Å². The lowest BCUT2D eigenvalue weighted by atomic mass is 10.1. The van der Waals surface area contributed by atoms with Crippen molar-refractivity contribution in [2.45, 2.75) is 26.3 Å². The number of nitrogens with two attached hydrogens (primary N) is 1. The van der Waals surface area contributed by atoms with Crippen LogP contribution in [0, 0.1) is 6.92 Å². The maximum atomic E-state index is 11.9. The van der Waals surface area contributed by atoms with Gasteiger partial charge in [-0.3, -0.25) is 9.36 Å². The van der Waals surface area contributed by atoms with E-state index in [9.17, 15) is 4.79 Å². The van der Waals surface area contributed by atoms with Gasteiger partial charge in [-0.25, -0.2) is 0 Å². The number of benzene rings is 2. The molecule has 4 aromatic rings. The number of hydrogen-bond acceptors (Lipinski definition) is 5. The van der Waals surface area contributed by atoms with Crippen LogP contribution >= 0.6 is 0 Å². The Kier molecular flexibility index (Phi) is 5.01. The smallest absolute Gasteiger partial charge is 0.249 e. The molecule has 0 bridgehead atoms. The molecule has 162 valence electrons. The zero-order chi connectivity index (χ0) is 22.2. The van der Waals surface area contributed by atoms with Gasteiger partial charge in [-0.15, -0.1) is 0 Å². The minimum Gasteiger partial charge on any atom is -0.366 e. The third kappa shape index (κ3) is 3.45. The summed E-state index contributed by atoms with van der Waals surface area (Å²) in [6, 6.07) is 17.8. The van der Waals surface area contributed by atoms with Gasteiger partial charge in [-0.1, -0.05) is 36.4 Å². The van der Waals surface area contributed by atoms with E-state index in [4.69, 9.17) is 15.7 Å². The number of nitrogens with zero attached hydrogens (tertiary/aromatic N) is 4. The van der Waals surface area contributed by atoms with Gasteiger partial charge in [0.15, 0.2) is 0 Å². The van der Waals surface area contributed by atoms with E-state index in [0.29, 0.717) is 18.1 Å². The maximum absolute atomic E-state index is 11.9. The number of rotatable bonds is 5. The number of amides is 1. The van der Waals surface area contributed by atoms with Crippen LogP contribution in [0.5, 0.6) is 0 Å². The minimum atomic E-state index is -0.441. The fourth-order valence-corrected chi connectivity index (χ4v) is 4.48. The van der Waals surface area contributed by atoms with Gasteiger partial charge in [-0.2, -0.15) is 9.97 Å². The van der Waals surface area contributed by atoms with Crippen molar-refractivity contribution in [2.75, 3.05) is 23.8 Å². The second-order valence-corrected chi connectivity index (χ2v) is 8.26. The third-order valence-electron chi connectivity index (χ3n) is 6.05. The lowest BCUT2D eigenvalue weighted by Crippen LogP contribution is -2.28. The van der Waals surface area contributed by atoms with Gasteiger partial charge in [0.05, 0.1) is 5.52 Å². The second kappa shape index (κ2) is 8.00. The molecular formula is C25H26N6O. The number of aryl methyl sites for hydroxylation is 1. The molecule has 0 unspecified atom stereocenters. The maximum Gasteiger partial charge on any atom is 0.249 e. The molecular weight excluding hydrogens is 400 g/mol. The van der Waals surface area contributed by atoms with E-state index in [1.165, 1.54) is 5.56 Å². The molecule has 0 spiro atoms. The molecule has 5 rings (SSSR count). The molecule has 0 fully saturated rings. The highest BCUT2D eigenvalue weighted by atomic mass is 16.1. The Labute approximate surface area is 186 Å². The molecule has 32 heavy (non-hydrogen) atoms. The predicted octanol–water partition coefficient (Wildman–Crippen LogP) is 3.82. The summed E-state index contributed by atoms with van der Waals surface area (Å²) in [5, 5.41) is 4.35. The molecule has 2 aromatic heterocycles. The molecule has 1 aliphatic rings. The van der Waals surface area contributed by atoms with Crippen molar-refractivity contribution in [3.63, 3.8) is 0 Å². The van der Waals surface area contributed by atoms with Gasteiger partial charge in [-0.05, 0) is 43.5 Å². The van der Waals surface area contributed by atoms with Crippen LogP contribution in [-0.2, 0) is 13.0 Å². The van der Waals surface area contributed by atoms with Gasteiger partial charge in [0.25, 0.3) is 0 Å². The van der Waals surface area contributed by atoms with Crippen LogP contribution < -0.4 is 16.0 Å². The first kappa shape index (κ1) is 20.1. The Bertz CT molecular complexity index is 1310. The topological polar surface area (TPSA) is 89.1 Å². The van der Waals surface area contributed by atoms with Crippen LogP contribution in [0.15, 0.2) is 54.6 Å². The zero-order valence-electron chi connectivity index (χ0n) is 18.3. The number of primary amides is 1. The van der Waals surface area contributed by atoms with Crippen molar-refractivity contribution in [2.24, 2.45) is 5.73 Å². The van der Waals surface area contributed by atoms with Gasteiger partial charge in [0.2, 0.25) is 11.9 Å². The second-order valence-electron chi connectivity index (χ2n) is 8.26. The SMILES string of the molecule is Cc1cc2c(C(N)=O)cccc2n1-c1nc(NCc2ccccc2)c2c(n1)N(C)CCC2. The molecule has 7 nitrogen and oxygen atoms in total. The molecule has 0 saturated heterocycles. The number of fused-ring (bicyclic) bond motifs is 2. The summed E-state index contributed by atoms with van der Waals surface area (Å²) in [4.78, 5) is 24.1. The Hall–Kier alpha value is -3.87. The standard InChI is InChI=1S/C25H26N6O/c1-16-14-20-18(22(26)32)10-6-12-21(20)31(16)25-28-23(27-15-17-8-4-3-5-9-17)19-11-7-13-30(2)24(19)29-25/h3-6,8-10,12,14H,7,11,13,15H2,1-2H3,(H2,26,32)(H,27,28,29). The number of carbonyl (C=O) groups is 1. The quantitative estimate of drug-likeness (QED) is 0.506. The Morgan fingerprint density at radius 3 is 2.72 bits per heavy atom. The largest absolute Gasteiger partial charge is 0.366 e.